The van der Waals surface area contributed by atoms with E-state index in [1.165, 1.54) is 6.92 Å². The van der Waals surface area contributed by atoms with Crippen molar-refractivity contribution in [3.05, 3.63) is 0 Å². The molecule has 0 rings (SSSR count). The first-order valence-corrected chi connectivity index (χ1v) is 2.41. The molecule has 0 bridgehead atoms. The highest BCUT2D eigenvalue weighted by atomic mass is 16.2. The Bertz CT molecular complexity index is 73.7. The van der Waals surface area contributed by atoms with Gasteiger partial charge in [0, 0.05) is 6.92 Å². The van der Waals surface area contributed by atoms with Gasteiger partial charge in [0.15, 0.2) is 0 Å². The molecule has 4 nitrogen and oxygen atoms in total. The smallest absolute Gasteiger partial charge is 0.230 e. The lowest BCUT2D eigenvalue weighted by Gasteiger charge is -2.00. The predicted molar refractivity (Wildman–Crippen MR) is 30.9 cm³/mol. The van der Waals surface area contributed by atoms with Crippen molar-refractivity contribution >= 4 is 5.91 Å². The van der Waals surface area contributed by atoms with Gasteiger partial charge in [0.2, 0.25) is 5.91 Å². The predicted octanol–water partition coefficient (Wildman–Crippen LogP) is -1.20. The first kappa shape index (κ1) is 7.39. The van der Waals surface area contributed by atoms with Crippen molar-refractivity contribution in [1.29, 1.82) is 0 Å². The molecule has 1 amide bonds. The Balaban J connectivity index is 2.82. The van der Waals surface area contributed by atoms with Gasteiger partial charge in [0.1, 0.15) is 0 Å². The monoisotopic (exact) mass is 117 g/mol. The van der Waals surface area contributed by atoms with E-state index in [0.717, 1.165) is 0 Å². The number of nitrogens with one attached hydrogen (secondary N) is 3. The molecule has 0 heterocycles. The third-order valence-electron chi connectivity index (χ3n) is 0.530. The molecule has 3 N–H and O–H groups in total. The minimum Gasteiger partial charge on any atom is -0.306 e. The molecule has 0 aliphatic carbocycles. The third-order valence-corrected chi connectivity index (χ3v) is 0.530. The molecule has 8 heavy (non-hydrogen) atoms. The van der Waals surface area contributed by atoms with Gasteiger partial charge in [-0.2, -0.15) is 0 Å². The molecular formula is C4H11N3O. The highest BCUT2D eigenvalue weighted by Crippen LogP contribution is 1.49. The van der Waals surface area contributed by atoms with Gasteiger partial charge < -0.3 is 5.32 Å². The fourth-order valence-electron chi connectivity index (χ4n) is 0.257. The first-order valence-electron chi connectivity index (χ1n) is 2.41. The molecule has 0 aromatic heterocycles. The normalized spacial score (nSPS) is 8.75. The fourth-order valence-corrected chi connectivity index (χ4v) is 0.257. The van der Waals surface area contributed by atoms with E-state index < -0.39 is 0 Å². The lowest BCUT2D eigenvalue weighted by atomic mass is 10.8. The van der Waals surface area contributed by atoms with E-state index in [1.807, 2.05) is 0 Å². The molecule has 0 aliphatic rings. The Morgan fingerprint density at radius 1 is 1.62 bits per heavy atom. The summed E-state index contributed by atoms with van der Waals surface area (Å²) in [6.07, 6.45) is 0. The maximum absolute atomic E-state index is 10.1. The topological polar surface area (TPSA) is 53.2 Å². The second-order valence-corrected chi connectivity index (χ2v) is 1.39. The van der Waals surface area contributed by atoms with Gasteiger partial charge >= 0.3 is 0 Å². The van der Waals surface area contributed by atoms with Crippen molar-refractivity contribution < 1.29 is 4.79 Å². The summed E-state index contributed by atoms with van der Waals surface area (Å²) >= 11 is 0. The van der Waals surface area contributed by atoms with E-state index in [-0.39, 0.29) is 5.91 Å². The van der Waals surface area contributed by atoms with Gasteiger partial charge in [-0.3, -0.25) is 10.2 Å². The Kier molecular flexibility index (Phi) is 4.20. The van der Waals surface area contributed by atoms with Crippen LogP contribution in [0.15, 0.2) is 0 Å². The van der Waals surface area contributed by atoms with Crippen LogP contribution in [0.1, 0.15) is 6.92 Å². The van der Waals surface area contributed by atoms with Gasteiger partial charge in [-0.1, -0.05) is 0 Å². The highest BCUT2D eigenvalue weighted by molar-refractivity contribution is 5.72. The summed E-state index contributed by atoms with van der Waals surface area (Å²) in [6, 6.07) is 0. The Morgan fingerprint density at radius 2 is 2.25 bits per heavy atom. The lowest BCUT2D eigenvalue weighted by Crippen LogP contribution is -2.40. The first-order chi connectivity index (χ1) is 3.77. The van der Waals surface area contributed by atoms with Crippen LogP contribution in [0.3, 0.4) is 0 Å². The van der Waals surface area contributed by atoms with Crippen LogP contribution in [-0.2, 0) is 4.79 Å². The van der Waals surface area contributed by atoms with Crippen LogP contribution in [0.2, 0.25) is 0 Å². The summed E-state index contributed by atoms with van der Waals surface area (Å²) in [5.41, 5.74) is 5.02. The summed E-state index contributed by atoms with van der Waals surface area (Å²) in [5.74, 6) is -0.0831. The van der Waals surface area contributed by atoms with Crippen LogP contribution in [-0.4, -0.2) is 19.6 Å². The SMILES string of the molecule is CNCNNC(C)=O. The second-order valence-electron chi connectivity index (χ2n) is 1.39. The van der Waals surface area contributed by atoms with Crippen molar-refractivity contribution in [2.45, 2.75) is 6.92 Å². The van der Waals surface area contributed by atoms with Crippen LogP contribution < -0.4 is 16.2 Å². The van der Waals surface area contributed by atoms with Gasteiger partial charge in [0.25, 0.3) is 0 Å². The van der Waals surface area contributed by atoms with E-state index in [9.17, 15) is 4.79 Å². The molecule has 0 spiro atoms. The molecule has 0 atom stereocenters. The number of hydrogen-bond acceptors (Lipinski definition) is 3. The summed E-state index contributed by atoms with van der Waals surface area (Å²) < 4.78 is 0. The Hall–Kier alpha value is -0.610. The quantitative estimate of drug-likeness (QED) is 0.247. The minimum atomic E-state index is -0.0831. The van der Waals surface area contributed by atoms with Gasteiger partial charge in [0.05, 0.1) is 6.67 Å². The largest absolute Gasteiger partial charge is 0.306 e. The van der Waals surface area contributed by atoms with Gasteiger partial charge in [-0.05, 0) is 7.05 Å². The number of carbonyl (C=O) groups excluding carboxylic acids is 1. The molecule has 48 valence electrons. The maximum atomic E-state index is 10.1. The summed E-state index contributed by atoms with van der Waals surface area (Å²) in [5, 5.41) is 2.80. The van der Waals surface area contributed by atoms with Crippen molar-refractivity contribution in [1.82, 2.24) is 16.2 Å². The zero-order valence-electron chi connectivity index (χ0n) is 5.12. The molecule has 0 aliphatic heterocycles. The summed E-state index contributed by atoms with van der Waals surface area (Å²) in [7, 11) is 1.79. The Labute approximate surface area is 48.6 Å². The number of hydrogen-bond donors (Lipinski definition) is 3. The van der Waals surface area contributed by atoms with Gasteiger partial charge in [-0.15, -0.1) is 0 Å². The van der Waals surface area contributed by atoms with Crippen LogP contribution in [0.5, 0.6) is 0 Å². The third kappa shape index (κ3) is 5.39. The number of hydrazine groups is 1. The van der Waals surface area contributed by atoms with Gasteiger partial charge in [-0.25, -0.2) is 5.43 Å². The van der Waals surface area contributed by atoms with Crippen LogP contribution >= 0.6 is 0 Å². The van der Waals surface area contributed by atoms with E-state index in [4.69, 9.17) is 0 Å². The second kappa shape index (κ2) is 4.55. The molecule has 0 radical (unpaired) electrons. The van der Waals surface area contributed by atoms with Crippen molar-refractivity contribution in [3.8, 4) is 0 Å². The number of carbonyl (C=O) groups is 1. The zero-order chi connectivity index (χ0) is 6.41. The van der Waals surface area contributed by atoms with Crippen molar-refractivity contribution in [2.75, 3.05) is 13.7 Å². The minimum absolute atomic E-state index is 0.0831. The standard InChI is InChI=1S/C4H11N3O/c1-4(8)7-6-3-5-2/h5-6H,3H2,1-2H3,(H,7,8). The lowest BCUT2D eigenvalue weighted by molar-refractivity contribution is -0.119. The number of amides is 1. The van der Waals surface area contributed by atoms with Crippen LogP contribution in [0.25, 0.3) is 0 Å². The zero-order valence-corrected chi connectivity index (χ0v) is 5.12. The van der Waals surface area contributed by atoms with E-state index >= 15 is 0 Å². The van der Waals surface area contributed by atoms with Crippen molar-refractivity contribution in [3.63, 3.8) is 0 Å². The van der Waals surface area contributed by atoms with Crippen molar-refractivity contribution in [2.24, 2.45) is 0 Å². The van der Waals surface area contributed by atoms with E-state index in [2.05, 4.69) is 16.2 Å². The molecule has 4 heteroatoms. The van der Waals surface area contributed by atoms with E-state index in [1.54, 1.807) is 7.05 Å². The molecule has 0 unspecified atom stereocenters. The summed E-state index contributed by atoms with van der Waals surface area (Å²) in [4.78, 5) is 10.1. The maximum Gasteiger partial charge on any atom is 0.230 e. The average molecular weight is 117 g/mol. The molecule has 0 fully saturated rings. The highest BCUT2D eigenvalue weighted by Gasteiger charge is 1.83. The Morgan fingerprint density at radius 3 is 2.62 bits per heavy atom. The average Bonchev–Trinajstić information content (AvgIpc) is 1.66. The molecule has 0 saturated carbocycles. The van der Waals surface area contributed by atoms with E-state index in [0.29, 0.717) is 6.67 Å². The summed E-state index contributed by atoms with van der Waals surface area (Å²) in [6.45, 7) is 2.03. The molecule has 0 saturated heterocycles. The molecule has 0 aromatic carbocycles. The molecular weight excluding hydrogens is 106 g/mol. The van der Waals surface area contributed by atoms with Crippen LogP contribution in [0, 0.1) is 0 Å². The number of rotatable bonds is 3. The van der Waals surface area contributed by atoms with Crippen LogP contribution in [0.4, 0.5) is 0 Å². The molecule has 0 aromatic rings. The fraction of sp³-hybridized carbons (Fsp3) is 0.750.